The molecule has 1 amide bonds. The van der Waals surface area contributed by atoms with Gasteiger partial charge in [0.2, 0.25) is 0 Å². The molecule has 0 saturated carbocycles. The van der Waals surface area contributed by atoms with Crippen molar-refractivity contribution in [3.63, 3.8) is 0 Å². The minimum absolute atomic E-state index is 0.173. The van der Waals surface area contributed by atoms with Gasteiger partial charge < -0.3 is 14.4 Å². The molecule has 0 radical (unpaired) electrons. The molecule has 21 heavy (non-hydrogen) atoms. The number of thioether (sulfide) groups is 1. The summed E-state index contributed by atoms with van der Waals surface area (Å²) in [5.41, 5.74) is 1.26. The summed E-state index contributed by atoms with van der Waals surface area (Å²) in [4.78, 5) is 14.4. The number of methoxy groups -OCH3 is 1. The molecule has 1 aromatic carbocycles. The molecule has 2 fully saturated rings. The maximum Gasteiger partial charge on any atom is 0.251 e. The summed E-state index contributed by atoms with van der Waals surface area (Å²) in [6.45, 7) is 2.33. The van der Waals surface area contributed by atoms with E-state index in [9.17, 15) is 4.79 Å². The molecule has 1 aromatic rings. The first-order valence-electron chi connectivity index (χ1n) is 7.44. The number of carbonyl (C=O) groups excluding carboxylic acids is 1. The van der Waals surface area contributed by atoms with Gasteiger partial charge in [-0.2, -0.15) is 11.8 Å². The fourth-order valence-corrected chi connectivity index (χ4v) is 4.09. The van der Waals surface area contributed by atoms with Crippen molar-refractivity contribution in [2.24, 2.45) is 0 Å². The van der Waals surface area contributed by atoms with Crippen LogP contribution in [0.3, 0.4) is 0 Å². The molecular formula is C16H21NO3S. The third-order valence-electron chi connectivity index (χ3n) is 4.07. The van der Waals surface area contributed by atoms with Crippen molar-refractivity contribution in [1.82, 2.24) is 4.90 Å². The Morgan fingerprint density at radius 3 is 2.86 bits per heavy atom. The second-order valence-electron chi connectivity index (χ2n) is 5.42. The number of nitrogens with zero attached hydrogens (tertiary/aromatic N) is 1. The molecule has 0 aliphatic carbocycles. The van der Waals surface area contributed by atoms with E-state index in [0.29, 0.717) is 5.25 Å². The van der Waals surface area contributed by atoms with E-state index in [1.54, 1.807) is 7.11 Å². The highest BCUT2D eigenvalue weighted by Crippen LogP contribution is 2.34. The summed E-state index contributed by atoms with van der Waals surface area (Å²) in [5, 5.41) is 0.343. The van der Waals surface area contributed by atoms with Gasteiger partial charge >= 0.3 is 0 Å². The maximum absolute atomic E-state index is 12.4. The zero-order valence-electron chi connectivity index (χ0n) is 12.3. The third kappa shape index (κ3) is 3.35. The van der Waals surface area contributed by atoms with Crippen LogP contribution in [0.15, 0.2) is 24.3 Å². The van der Waals surface area contributed by atoms with E-state index in [0.717, 1.165) is 44.0 Å². The molecule has 2 aliphatic heterocycles. The Morgan fingerprint density at radius 1 is 1.38 bits per heavy atom. The first-order valence-corrected chi connectivity index (χ1v) is 8.49. The summed E-state index contributed by atoms with van der Waals surface area (Å²) in [7, 11) is 1.67. The zero-order chi connectivity index (χ0) is 14.7. The van der Waals surface area contributed by atoms with Crippen molar-refractivity contribution in [1.29, 1.82) is 0 Å². The Labute approximate surface area is 129 Å². The molecule has 3 rings (SSSR count). The van der Waals surface area contributed by atoms with Crippen LogP contribution < -0.4 is 4.74 Å². The molecule has 4 nitrogen and oxygen atoms in total. The number of carbonyl (C=O) groups is 1. The molecule has 0 spiro atoms. The van der Waals surface area contributed by atoms with Gasteiger partial charge in [0, 0.05) is 30.7 Å². The minimum atomic E-state index is -0.204. The number of hydrogen-bond acceptors (Lipinski definition) is 4. The van der Waals surface area contributed by atoms with Gasteiger partial charge in [-0.25, -0.2) is 0 Å². The fourth-order valence-electron chi connectivity index (χ4n) is 2.85. The van der Waals surface area contributed by atoms with Gasteiger partial charge in [0.25, 0.3) is 5.91 Å². The Hall–Kier alpha value is -1.20. The number of rotatable bonds is 3. The molecule has 2 saturated heterocycles. The highest BCUT2D eigenvalue weighted by Gasteiger charge is 2.32. The van der Waals surface area contributed by atoms with E-state index in [2.05, 4.69) is 12.1 Å². The van der Waals surface area contributed by atoms with Crippen molar-refractivity contribution < 1.29 is 14.3 Å². The van der Waals surface area contributed by atoms with Crippen LogP contribution in [0.5, 0.6) is 5.75 Å². The Kier molecular flexibility index (Phi) is 4.70. The Morgan fingerprint density at radius 2 is 2.19 bits per heavy atom. The van der Waals surface area contributed by atoms with Gasteiger partial charge in [0.05, 0.1) is 7.11 Å². The summed E-state index contributed by atoms with van der Waals surface area (Å²) in [5.74, 6) is 2.02. The van der Waals surface area contributed by atoms with Crippen LogP contribution in [-0.2, 0) is 9.53 Å². The molecule has 5 heteroatoms. The minimum Gasteiger partial charge on any atom is -0.497 e. The third-order valence-corrected chi connectivity index (χ3v) is 5.31. The lowest BCUT2D eigenvalue weighted by atomic mass is 10.1. The quantitative estimate of drug-likeness (QED) is 0.860. The number of ether oxygens (including phenoxy) is 2. The second kappa shape index (κ2) is 6.71. The lowest BCUT2D eigenvalue weighted by Crippen LogP contribution is -2.44. The largest absolute Gasteiger partial charge is 0.497 e. The van der Waals surface area contributed by atoms with Crippen molar-refractivity contribution in [2.45, 2.75) is 24.2 Å². The predicted molar refractivity (Wildman–Crippen MR) is 83.7 cm³/mol. The molecule has 2 atom stereocenters. The second-order valence-corrected chi connectivity index (χ2v) is 6.73. The van der Waals surface area contributed by atoms with Crippen LogP contribution in [0, 0.1) is 0 Å². The Balaban J connectivity index is 1.65. The van der Waals surface area contributed by atoms with Crippen molar-refractivity contribution in [2.75, 3.05) is 32.6 Å². The molecule has 114 valence electrons. The SMILES string of the molecule is COc1ccc(C2CN(C(=O)C3CCCO3)CCS2)cc1. The molecule has 2 aliphatic rings. The van der Waals surface area contributed by atoms with Gasteiger partial charge in [0.15, 0.2) is 0 Å². The van der Waals surface area contributed by atoms with E-state index in [-0.39, 0.29) is 12.0 Å². The van der Waals surface area contributed by atoms with Crippen LogP contribution in [-0.4, -0.2) is 49.5 Å². The van der Waals surface area contributed by atoms with Crippen LogP contribution in [0.25, 0.3) is 0 Å². The summed E-state index contributed by atoms with van der Waals surface area (Å²) >= 11 is 1.92. The predicted octanol–water partition coefficient (Wildman–Crippen LogP) is 2.49. The molecule has 0 bridgehead atoms. The standard InChI is InChI=1S/C16H21NO3S/c1-19-13-6-4-12(5-7-13)15-11-17(8-10-21-15)16(18)14-3-2-9-20-14/h4-7,14-15H,2-3,8-11H2,1H3. The molecule has 2 unspecified atom stereocenters. The van der Waals surface area contributed by atoms with Crippen LogP contribution in [0.1, 0.15) is 23.7 Å². The molecule has 0 aromatic heterocycles. The Bertz CT molecular complexity index is 485. The van der Waals surface area contributed by atoms with Gasteiger partial charge in [-0.15, -0.1) is 0 Å². The monoisotopic (exact) mass is 307 g/mol. The number of hydrogen-bond donors (Lipinski definition) is 0. The summed E-state index contributed by atoms with van der Waals surface area (Å²) in [6.07, 6.45) is 1.67. The van der Waals surface area contributed by atoms with Crippen molar-refractivity contribution in [3.05, 3.63) is 29.8 Å². The van der Waals surface area contributed by atoms with Gasteiger partial charge in [-0.05, 0) is 30.5 Å². The van der Waals surface area contributed by atoms with E-state index < -0.39 is 0 Å². The van der Waals surface area contributed by atoms with E-state index in [4.69, 9.17) is 9.47 Å². The number of amides is 1. The summed E-state index contributed by atoms with van der Waals surface area (Å²) in [6, 6.07) is 8.15. The van der Waals surface area contributed by atoms with Crippen molar-refractivity contribution >= 4 is 17.7 Å². The van der Waals surface area contributed by atoms with Gasteiger partial charge in [0.1, 0.15) is 11.9 Å². The first kappa shape index (κ1) is 14.7. The lowest BCUT2D eigenvalue weighted by molar-refractivity contribution is -0.140. The maximum atomic E-state index is 12.4. The van der Waals surface area contributed by atoms with E-state index >= 15 is 0 Å². The van der Waals surface area contributed by atoms with E-state index in [1.807, 2.05) is 28.8 Å². The fraction of sp³-hybridized carbons (Fsp3) is 0.562. The summed E-state index contributed by atoms with van der Waals surface area (Å²) < 4.78 is 10.7. The van der Waals surface area contributed by atoms with Gasteiger partial charge in [-0.3, -0.25) is 4.79 Å². The lowest BCUT2D eigenvalue weighted by Gasteiger charge is -2.34. The highest BCUT2D eigenvalue weighted by atomic mass is 32.2. The highest BCUT2D eigenvalue weighted by molar-refractivity contribution is 7.99. The van der Waals surface area contributed by atoms with Crippen LogP contribution >= 0.6 is 11.8 Å². The van der Waals surface area contributed by atoms with Crippen LogP contribution in [0.4, 0.5) is 0 Å². The average Bonchev–Trinajstić information content (AvgIpc) is 3.09. The first-order chi connectivity index (χ1) is 10.3. The van der Waals surface area contributed by atoms with E-state index in [1.165, 1.54) is 5.56 Å². The topological polar surface area (TPSA) is 38.8 Å². The zero-order valence-corrected chi connectivity index (χ0v) is 13.1. The normalized spacial score (nSPS) is 25.9. The van der Waals surface area contributed by atoms with Crippen LogP contribution in [0.2, 0.25) is 0 Å². The van der Waals surface area contributed by atoms with Gasteiger partial charge in [-0.1, -0.05) is 12.1 Å². The molecular weight excluding hydrogens is 286 g/mol. The number of benzene rings is 1. The van der Waals surface area contributed by atoms with Crippen molar-refractivity contribution in [3.8, 4) is 5.75 Å². The average molecular weight is 307 g/mol. The molecule has 2 heterocycles. The smallest absolute Gasteiger partial charge is 0.251 e. The molecule has 0 N–H and O–H groups in total.